The first-order valence-electron chi connectivity index (χ1n) is 8.52. The number of rotatable bonds is 8. The average molecular weight is 380 g/mol. The summed E-state index contributed by atoms with van der Waals surface area (Å²) in [6, 6.07) is 5.26. The van der Waals surface area contributed by atoms with E-state index in [1.165, 1.54) is 24.3 Å². The van der Waals surface area contributed by atoms with Crippen LogP contribution in [-0.4, -0.2) is 34.8 Å². The van der Waals surface area contributed by atoms with Crippen LogP contribution in [0.4, 0.5) is 14.5 Å². The Hall–Kier alpha value is -2.97. The summed E-state index contributed by atoms with van der Waals surface area (Å²) in [6.45, 7) is 3.87. The number of aromatic nitrogens is 2. The molecule has 0 unspecified atom stereocenters. The van der Waals surface area contributed by atoms with Crippen LogP contribution in [0.2, 0.25) is 0 Å². The minimum atomic E-state index is -2.93. The maximum Gasteiger partial charge on any atom is 0.387 e. The SMILES string of the molecule is CCn1cc(NC(=O)c2ccc(OC(F)F)cc2)c(C(=O)NCC(C)C)n1. The number of halogens is 2. The van der Waals surface area contributed by atoms with Gasteiger partial charge in [-0.25, -0.2) is 0 Å². The molecular weight excluding hydrogens is 358 g/mol. The van der Waals surface area contributed by atoms with Crippen LogP contribution in [0.25, 0.3) is 0 Å². The molecule has 0 saturated carbocycles. The van der Waals surface area contributed by atoms with Gasteiger partial charge in [0.15, 0.2) is 5.69 Å². The normalized spacial score (nSPS) is 10.9. The first-order chi connectivity index (χ1) is 12.8. The quantitative estimate of drug-likeness (QED) is 0.737. The highest BCUT2D eigenvalue weighted by Crippen LogP contribution is 2.18. The molecule has 7 nitrogen and oxygen atoms in total. The van der Waals surface area contributed by atoms with Crippen LogP contribution in [0, 0.1) is 5.92 Å². The summed E-state index contributed by atoms with van der Waals surface area (Å²) in [5.74, 6) is -0.651. The van der Waals surface area contributed by atoms with Gasteiger partial charge in [-0.15, -0.1) is 0 Å². The highest BCUT2D eigenvalue weighted by molar-refractivity contribution is 6.08. The zero-order valence-electron chi connectivity index (χ0n) is 15.3. The van der Waals surface area contributed by atoms with Gasteiger partial charge >= 0.3 is 6.61 Å². The minimum Gasteiger partial charge on any atom is -0.435 e. The van der Waals surface area contributed by atoms with Gasteiger partial charge in [0.1, 0.15) is 5.75 Å². The molecule has 146 valence electrons. The summed E-state index contributed by atoms with van der Waals surface area (Å²) in [6.07, 6.45) is 1.57. The molecule has 2 amide bonds. The largest absolute Gasteiger partial charge is 0.435 e. The van der Waals surface area contributed by atoms with Crippen molar-refractivity contribution in [3.05, 3.63) is 41.7 Å². The van der Waals surface area contributed by atoms with E-state index in [0.29, 0.717) is 13.1 Å². The summed E-state index contributed by atoms with van der Waals surface area (Å²) in [5.41, 5.74) is 0.619. The highest BCUT2D eigenvalue weighted by Gasteiger charge is 2.19. The smallest absolute Gasteiger partial charge is 0.387 e. The molecule has 0 aliphatic rings. The molecule has 2 aromatic rings. The van der Waals surface area contributed by atoms with Crippen molar-refractivity contribution in [2.75, 3.05) is 11.9 Å². The predicted molar refractivity (Wildman–Crippen MR) is 96.1 cm³/mol. The monoisotopic (exact) mass is 380 g/mol. The van der Waals surface area contributed by atoms with Crippen molar-refractivity contribution >= 4 is 17.5 Å². The van der Waals surface area contributed by atoms with Crippen LogP contribution in [0.15, 0.2) is 30.5 Å². The number of carbonyl (C=O) groups excluding carboxylic acids is 2. The zero-order valence-corrected chi connectivity index (χ0v) is 15.3. The van der Waals surface area contributed by atoms with Gasteiger partial charge in [0.2, 0.25) is 0 Å². The summed E-state index contributed by atoms with van der Waals surface area (Å²) in [5, 5.41) is 9.59. The molecule has 2 rings (SSSR count). The molecule has 0 atom stereocenters. The molecule has 0 bridgehead atoms. The standard InChI is InChI=1S/C18H22F2N4O3/c1-4-24-10-14(15(23-24)17(26)21-9-11(2)3)22-16(25)12-5-7-13(8-6-12)27-18(19)20/h5-8,10-11,18H,4,9H2,1-3H3,(H,21,26)(H,22,25). The third-order valence-corrected chi connectivity index (χ3v) is 3.56. The summed E-state index contributed by atoms with van der Waals surface area (Å²) in [7, 11) is 0. The van der Waals surface area contributed by atoms with Crippen molar-refractivity contribution < 1.29 is 23.1 Å². The van der Waals surface area contributed by atoms with E-state index in [0.717, 1.165) is 0 Å². The van der Waals surface area contributed by atoms with Crippen molar-refractivity contribution in [2.45, 2.75) is 33.9 Å². The molecule has 27 heavy (non-hydrogen) atoms. The lowest BCUT2D eigenvalue weighted by Gasteiger charge is -2.09. The van der Waals surface area contributed by atoms with Crippen LogP contribution in [0.3, 0.4) is 0 Å². The maximum atomic E-state index is 12.4. The Bertz CT molecular complexity index is 788. The Balaban J connectivity index is 2.14. The van der Waals surface area contributed by atoms with E-state index in [4.69, 9.17) is 0 Å². The summed E-state index contributed by atoms with van der Waals surface area (Å²) < 4.78 is 30.2. The minimum absolute atomic E-state index is 0.0471. The third kappa shape index (κ3) is 5.77. The van der Waals surface area contributed by atoms with Gasteiger partial charge in [0, 0.05) is 24.8 Å². The van der Waals surface area contributed by atoms with E-state index >= 15 is 0 Å². The van der Waals surface area contributed by atoms with E-state index in [1.807, 2.05) is 20.8 Å². The molecule has 0 spiro atoms. The van der Waals surface area contributed by atoms with E-state index in [9.17, 15) is 18.4 Å². The first kappa shape index (κ1) is 20.3. The summed E-state index contributed by atoms with van der Waals surface area (Å²) in [4.78, 5) is 24.8. The van der Waals surface area contributed by atoms with Crippen LogP contribution in [0.1, 0.15) is 41.6 Å². The number of ether oxygens (including phenoxy) is 1. The number of benzene rings is 1. The Morgan fingerprint density at radius 3 is 2.41 bits per heavy atom. The van der Waals surface area contributed by atoms with Crippen molar-refractivity contribution in [3.63, 3.8) is 0 Å². The number of hydrogen-bond donors (Lipinski definition) is 2. The lowest BCUT2D eigenvalue weighted by Crippen LogP contribution is -2.28. The molecule has 0 saturated heterocycles. The molecular formula is C18H22F2N4O3. The van der Waals surface area contributed by atoms with Gasteiger partial charge in [-0.1, -0.05) is 13.8 Å². The number of hydrogen-bond acceptors (Lipinski definition) is 4. The maximum absolute atomic E-state index is 12.4. The van der Waals surface area contributed by atoms with Gasteiger partial charge in [0.25, 0.3) is 11.8 Å². The van der Waals surface area contributed by atoms with E-state index in [-0.39, 0.29) is 34.5 Å². The molecule has 0 radical (unpaired) electrons. The fraction of sp³-hybridized carbons (Fsp3) is 0.389. The van der Waals surface area contributed by atoms with Crippen molar-refractivity contribution in [1.29, 1.82) is 0 Å². The molecule has 9 heteroatoms. The topological polar surface area (TPSA) is 85.2 Å². The number of carbonyl (C=O) groups is 2. The lowest BCUT2D eigenvalue weighted by molar-refractivity contribution is -0.0498. The van der Waals surface area contributed by atoms with E-state index < -0.39 is 12.5 Å². The molecule has 2 N–H and O–H groups in total. The van der Waals surface area contributed by atoms with Crippen molar-refractivity contribution in [2.24, 2.45) is 5.92 Å². The summed E-state index contributed by atoms with van der Waals surface area (Å²) >= 11 is 0. The third-order valence-electron chi connectivity index (χ3n) is 3.56. The average Bonchev–Trinajstić information content (AvgIpc) is 3.02. The van der Waals surface area contributed by atoms with Gasteiger partial charge in [0.05, 0.1) is 5.69 Å². The van der Waals surface area contributed by atoms with Crippen LogP contribution >= 0.6 is 0 Å². The lowest BCUT2D eigenvalue weighted by atomic mass is 10.2. The predicted octanol–water partition coefficient (Wildman–Crippen LogP) is 3.14. The number of amides is 2. The second-order valence-corrected chi connectivity index (χ2v) is 6.21. The van der Waals surface area contributed by atoms with Gasteiger partial charge in [-0.3, -0.25) is 14.3 Å². The number of nitrogens with one attached hydrogen (secondary N) is 2. The van der Waals surface area contributed by atoms with Crippen molar-refractivity contribution in [3.8, 4) is 5.75 Å². The van der Waals surface area contributed by atoms with Crippen molar-refractivity contribution in [1.82, 2.24) is 15.1 Å². The zero-order chi connectivity index (χ0) is 20.0. The second-order valence-electron chi connectivity index (χ2n) is 6.21. The highest BCUT2D eigenvalue weighted by atomic mass is 19.3. The van der Waals surface area contributed by atoms with Crippen LogP contribution in [0.5, 0.6) is 5.75 Å². The molecule has 0 fully saturated rings. The number of anilines is 1. The number of aryl methyl sites for hydroxylation is 1. The Morgan fingerprint density at radius 1 is 1.19 bits per heavy atom. The van der Waals surface area contributed by atoms with Gasteiger partial charge in [-0.2, -0.15) is 13.9 Å². The number of alkyl halides is 2. The van der Waals surface area contributed by atoms with E-state index in [2.05, 4.69) is 20.5 Å². The van der Waals surface area contributed by atoms with Crippen LogP contribution in [-0.2, 0) is 6.54 Å². The fourth-order valence-corrected chi connectivity index (χ4v) is 2.21. The Morgan fingerprint density at radius 2 is 1.85 bits per heavy atom. The Kier molecular flexibility index (Phi) is 6.86. The van der Waals surface area contributed by atoms with Crippen LogP contribution < -0.4 is 15.4 Å². The molecule has 0 aliphatic carbocycles. The Labute approximate surface area is 155 Å². The van der Waals surface area contributed by atoms with Gasteiger partial charge in [-0.05, 0) is 37.1 Å². The second kappa shape index (κ2) is 9.11. The molecule has 1 aromatic heterocycles. The van der Waals surface area contributed by atoms with E-state index in [1.54, 1.807) is 10.9 Å². The molecule has 0 aliphatic heterocycles. The first-order valence-corrected chi connectivity index (χ1v) is 8.52. The fourth-order valence-electron chi connectivity index (χ4n) is 2.21. The number of nitrogens with zero attached hydrogens (tertiary/aromatic N) is 2. The van der Waals surface area contributed by atoms with Gasteiger partial charge < -0.3 is 15.4 Å². The molecule has 1 aromatic carbocycles. The molecule has 1 heterocycles.